The van der Waals surface area contributed by atoms with E-state index in [9.17, 15) is 0 Å². The molecule has 76 valence electrons. The quantitative estimate of drug-likeness (QED) is 0.593. The van der Waals surface area contributed by atoms with Gasteiger partial charge in [-0.05, 0) is 26.1 Å². The summed E-state index contributed by atoms with van der Waals surface area (Å²) in [6, 6.07) is 0.658. The fraction of sp³-hybridized carbons (Fsp3) is 1.00. The van der Waals surface area contributed by atoms with Crippen molar-refractivity contribution >= 4 is 11.8 Å². The number of ether oxygens (including phenoxy) is 1. The van der Waals surface area contributed by atoms with E-state index in [1.165, 1.54) is 12.2 Å². The van der Waals surface area contributed by atoms with Gasteiger partial charge in [-0.2, -0.15) is 0 Å². The first-order valence-corrected chi connectivity index (χ1v) is 6.12. The molecule has 13 heavy (non-hydrogen) atoms. The summed E-state index contributed by atoms with van der Waals surface area (Å²) < 4.78 is 6.00. The van der Waals surface area contributed by atoms with E-state index in [0.29, 0.717) is 12.0 Å². The Morgan fingerprint density at radius 1 is 1.46 bits per heavy atom. The Labute approximate surface area is 85.0 Å². The summed E-state index contributed by atoms with van der Waals surface area (Å²) in [5.41, 5.74) is 0. The van der Waals surface area contributed by atoms with Crippen LogP contribution in [0.2, 0.25) is 0 Å². The van der Waals surface area contributed by atoms with Gasteiger partial charge in [0.1, 0.15) is 4.93 Å². The Kier molecular flexibility index (Phi) is 2.60. The Balaban J connectivity index is 2.13. The van der Waals surface area contributed by atoms with E-state index in [1.54, 1.807) is 0 Å². The van der Waals surface area contributed by atoms with Crippen LogP contribution in [0.15, 0.2) is 0 Å². The van der Waals surface area contributed by atoms with Gasteiger partial charge in [0.2, 0.25) is 0 Å². The van der Waals surface area contributed by atoms with Gasteiger partial charge in [0.05, 0.1) is 0 Å². The second-order valence-electron chi connectivity index (χ2n) is 4.31. The lowest BCUT2D eigenvalue weighted by Gasteiger charge is -2.36. The van der Waals surface area contributed by atoms with Crippen molar-refractivity contribution in [3.05, 3.63) is 0 Å². The highest BCUT2D eigenvalue weighted by Gasteiger charge is 2.49. The molecule has 1 spiro atoms. The molecule has 0 radical (unpaired) electrons. The molecule has 0 bridgehead atoms. The first-order chi connectivity index (χ1) is 6.16. The summed E-state index contributed by atoms with van der Waals surface area (Å²) in [5, 5.41) is 0. The minimum absolute atomic E-state index is 0.117. The third-order valence-corrected chi connectivity index (χ3v) is 5.16. The van der Waals surface area contributed by atoms with E-state index in [1.807, 2.05) is 11.8 Å². The molecule has 3 unspecified atom stereocenters. The molecule has 2 saturated heterocycles. The third kappa shape index (κ3) is 1.51. The van der Waals surface area contributed by atoms with E-state index in [2.05, 4.69) is 25.8 Å². The van der Waals surface area contributed by atoms with Crippen LogP contribution < -0.4 is 0 Å². The molecule has 0 aromatic rings. The fourth-order valence-corrected chi connectivity index (χ4v) is 3.86. The van der Waals surface area contributed by atoms with E-state index in [-0.39, 0.29) is 4.93 Å². The molecule has 0 aromatic heterocycles. The maximum absolute atomic E-state index is 6.00. The van der Waals surface area contributed by atoms with Crippen LogP contribution in [-0.2, 0) is 4.74 Å². The van der Waals surface area contributed by atoms with Crippen LogP contribution in [0, 0.1) is 5.92 Å². The predicted octanol–water partition coefficient (Wildman–Crippen LogP) is 1.81. The molecule has 2 aliphatic rings. The van der Waals surface area contributed by atoms with Crippen molar-refractivity contribution in [1.29, 1.82) is 0 Å². The summed E-state index contributed by atoms with van der Waals surface area (Å²) in [4.78, 5) is 2.54. The number of likely N-dealkylation sites (tertiary alicyclic amines) is 1. The molecular weight excluding hydrogens is 182 g/mol. The second-order valence-corrected chi connectivity index (χ2v) is 5.69. The Hall–Kier alpha value is 0.270. The molecule has 2 heterocycles. The SMILES string of the molecule is CC1C(C)C2(CN1C)OCCCS2. The van der Waals surface area contributed by atoms with Crippen LogP contribution in [-0.4, -0.2) is 41.8 Å². The highest BCUT2D eigenvalue weighted by Crippen LogP contribution is 2.45. The van der Waals surface area contributed by atoms with Crippen LogP contribution in [0.1, 0.15) is 20.3 Å². The van der Waals surface area contributed by atoms with E-state index >= 15 is 0 Å². The molecule has 3 atom stereocenters. The molecule has 0 amide bonds. The summed E-state index contributed by atoms with van der Waals surface area (Å²) in [7, 11) is 2.20. The van der Waals surface area contributed by atoms with Gasteiger partial charge in [0, 0.05) is 25.1 Å². The summed E-state index contributed by atoms with van der Waals surface area (Å²) >= 11 is 2.02. The number of rotatable bonds is 0. The summed E-state index contributed by atoms with van der Waals surface area (Å²) in [6.07, 6.45) is 1.22. The lowest BCUT2D eigenvalue weighted by Crippen LogP contribution is -2.40. The summed E-state index contributed by atoms with van der Waals surface area (Å²) in [5.74, 6) is 1.92. The molecule has 0 aromatic carbocycles. The van der Waals surface area contributed by atoms with Crippen molar-refractivity contribution < 1.29 is 4.74 Å². The molecule has 2 fully saturated rings. The highest BCUT2D eigenvalue weighted by molar-refractivity contribution is 8.00. The maximum atomic E-state index is 6.00. The van der Waals surface area contributed by atoms with E-state index in [0.717, 1.165) is 13.2 Å². The van der Waals surface area contributed by atoms with Crippen LogP contribution in [0.4, 0.5) is 0 Å². The number of thioether (sulfide) groups is 1. The van der Waals surface area contributed by atoms with Gasteiger partial charge in [-0.3, -0.25) is 4.90 Å². The number of nitrogens with zero attached hydrogens (tertiary/aromatic N) is 1. The van der Waals surface area contributed by atoms with Gasteiger partial charge in [-0.25, -0.2) is 0 Å². The van der Waals surface area contributed by atoms with Crippen molar-refractivity contribution in [3.8, 4) is 0 Å². The van der Waals surface area contributed by atoms with Gasteiger partial charge in [-0.15, -0.1) is 11.8 Å². The van der Waals surface area contributed by atoms with Gasteiger partial charge >= 0.3 is 0 Å². The number of likely N-dealkylation sites (N-methyl/N-ethyl adjacent to an activating group) is 1. The van der Waals surface area contributed by atoms with Crippen LogP contribution in [0.3, 0.4) is 0 Å². The minimum atomic E-state index is 0.117. The smallest absolute Gasteiger partial charge is 0.130 e. The van der Waals surface area contributed by atoms with Crippen LogP contribution in [0.25, 0.3) is 0 Å². The first-order valence-electron chi connectivity index (χ1n) is 5.14. The van der Waals surface area contributed by atoms with Crippen LogP contribution >= 0.6 is 11.8 Å². The van der Waals surface area contributed by atoms with Crippen LogP contribution in [0.5, 0.6) is 0 Å². The van der Waals surface area contributed by atoms with Gasteiger partial charge in [-0.1, -0.05) is 6.92 Å². The summed E-state index contributed by atoms with van der Waals surface area (Å²) in [6.45, 7) is 6.68. The molecule has 3 heteroatoms. The number of hydrogen-bond acceptors (Lipinski definition) is 3. The third-order valence-electron chi connectivity index (χ3n) is 3.56. The first kappa shape index (κ1) is 9.81. The average molecular weight is 201 g/mol. The molecule has 0 N–H and O–H groups in total. The largest absolute Gasteiger partial charge is 0.363 e. The standard InChI is InChI=1S/C10H19NOS/c1-8-9(2)11(3)7-10(8)12-5-4-6-13-10/h8-9H,4-7H2,1-3H3. The van der Waals surface area contributed by atoms with E-state index in [4.69, 9.17) is 4.74 Å². The maximum Gasteiger partial charge on any atom is 0.130 e. The average Bonchev–Trinajstić information content (AvgIpc) is 2.33. The van der Waals surface area contributed by atoms with Crippen molar-refractivity contribution in [2.75, 3.05) is 26.0 Å². The van der Waals surface area contributed by atoms with Crippen molar-refractivity contribution in [2.45, 2.75) is 31.2 Å². The second kappa shape index (κ2) is 3.44. The van der Waals surface area contributed by atoms with Gasteiger partial charge in [0.25, 0.3) is 0 Å². The zero-order chi connectivity index (χ0) is 9.47. The zero-order valence-corrected chi connectivity index (χ0v) is 9.56. The fourth-order valence-electron chi connectivity index (χ4n) is 2.33. The topological polar surface area (TPSA) is 12.5 Å². The van der Waals surface area contributed by atoms with E-state index < -0.39 is 0 Å². The Morgan fingerprint density at radius 3 is 2.69 bits per heavy atom. The van der Waals surface area contributed by atoms with Crippen molar-refractivity contribution in [2.24, 2.45) is 5.92 Å². The molecule has 2 aliphatic heterocycles. The Morgan fingerprint density at radius 2 is 2.23 bits per heavy atom. The predicted molar refractivity (Wildman–Crippen MR) is 57.0 cm³/mol. The normalized spacial score (nSPS) is 47.3. The highest BCUT2D eigenvalue weighted by atomic mass is 32.2. The molecule has 2 rings (SSSR count). The lowest BCUT2D eigenvalue weighted by atomic mass is 10.0. The van der Waals surface area contributed by atoms with Crippen molar-refractivity contribution in [1.82, 2.24) is 4.90 Å². The minimum Gasteiger partial charge on any atom is -0.363 e. The number of hydrogen-bond donors (Lipinski definition) is 0. The van der Waals surface area contributed by atoms with Gasteiger partial charge < -0.3 is 4.74 Å². The monoisotopic (exact) mass is 201 g/mol. The molecule has 2 nitrogen and oxygen atoms in total. The molecule has 0 aliphatic carbocycles. The Bertz CT molecular complexity index is 191. The molecule has 0 saturated carbocycles. The van der Waals surface area contributed by atoms with Gasteiger partial charge in [0.15, 0.2) is 0 Å². The molecular formula is C10H19NOS. The van der Waals surface area contributed by atoms with Crippen molar-refractivity contribution in [3.63, 3.8) is 0 Å². The zero-order valence-electron chi connectivity index (χ0n) is 8.75. The lowest BCUT2D eigenvalue weighted by molar-refractivity contribution is 0.00310.